The smallest absolute Gasteiger partial charge is 0.190 e. The second-order valence-corrected chi connectivity index (χ2v) is 8.68. The van der Waals surface area contributed by atoms with Gasteiger partial charge in [-0.05, 0) is 48.0 Å². The van der Waals surface area contributed by atoms with Crippen LogP contribution >= 0.6 is 23.8 Å². The van der Waals surface area contributed by atoms with Crippen LogP contribution in [-0.2, 0) is 6.42 Å². The first-order valence-corrected chi connectivity index (χ1v) is 11.6. The van der Waals surface area contributed by atoms with E-state index in [1.54, 1.807) is 12.4 Å². The minimum atomic E-state index is -0.0761. The number of para-hydroxylation sites is 1. The van der Waals surface area contributed by atoms with Crippen LogP contribution in [0.15, 0.2) is 90.3 Å². The Kier molecular flexibility index (Phi) is 6.28. The van der Waals surface area contributed by atoms with Crippen molar-refractivity contribution in [3.05, 3.63) is 107 Å². The average Bonchev–Trinajstić information content (AvgIpc) is 3.30. The van der Waals surface area contributed by atoms with Crippen LogP contribution < -0.4 is 5.32 Å². The molecule has 7 heteroatoms. The maximum atomic E-state index is 6.10. The normalized spacial score (nSPS) is 15.5. The van der Waals surface area contributed by atoms with Crippen LogP contribution in [0.4, 0.5) is 0 Å². The van der Waals surface area contributed by atoms with Crippen LogP contribution in [0, 0.1) is 0 Å². The third-order valence-corrected chi connectivity index (χ3v) is 6.30. The lowest BCUT2D eigenvalue weighted by Gasteiger charge is -2.25. The lowest BCUT2D eigenvalue weighted by molar-refractivity contribution is 0.366. The summed E-state index contributed by atoms with van der Waals surface area (Å²) in [5, 5.41) is 11.5. The van der Waals surface area contributed by atoms with Crippen molar-refractivity contribution in [1.82, 2.24) is 20.3 Å². The van der Waals surface area contributed by atoms with E-state index in [-0.39, 0.29) is 6.04 Å². The van der Waals surface area contributed by atoms with E-state index in [1.807, 2.05) is 59.6 Å². The molecule has 1 aliphatic heterocycles. The Balaban J connectivity index is 1.43. The molecule has 0 amide bonds. The van der Waals surface area contributed by atoms with Crippen LogP contribution in [0.1, 0.15) is 29.2 Å². The summed E-state index contributed by atoms with van der Waals surface area (Å²) in [4.78, 5) is 9.08. The third kappa shape index (κ3) is 4.72. The molecule has 4 aromatic rings. The topological polar surface area (TPSA) is 53.4 Å². The monoisotopic (exact) mass is 471 g/mol. The molecule has 164 valence electrons. The zero-order chi connectivity index (χ0) is 22.6. The van der Waals surface area contributed by atoms with E-state index in [0.29, 0.717) is 16.6 Å². The molecule has 1 N–H and O–H groups in total. The molecule has 0 aliphatic carbocycles. The molecule has 0 fully saturated rings. The van der Waals surface area contributed by atoms with Crippen molar-refractivity contribution < 1.29 is 0 Å². The fourth-order valence-corrected chi connectivity index (χ4v) is 4.48. The van der Waals surface area contributed by atoms with E-state index in [1.165, 1.54) is 5.56 Å². The number of rotatable bonds is 5. The van der Waals surface area contributed by atoms with E-state index in [2.05, 4.69) is 33.5 Å². The molecule has 3 aromatic carbocycles. The molecule has 1 unspecified atom stereocenters. The summed E-state index contributed by atoms with van der Waals surface area (Å²) in [5.41, 5.74) is 6.04. The highest BCUT2D eigenvalue weighted by Gasteiger charge is 2.32. The molecule has 0 bridgehead atoms. The van der Waals surface area contributed by atoms with Crippen molar-refractivity contribution in [2.24, 2.45) is 5.10 Å². The summed E-state index contributed by atoms with van der Waals surface area (Å²) in [7, 11) is 0. The van der Waals surface area contributed by atoms with Gasteiger partial charge in [-0.25, -0.2) is 5.01 Å². The molecule has 33 heavy (non-hydrogen) atoms. The number of hydrogen-bond acceptors (Lipinski definition) is 4. The van der Waals surface area contributed by atoms with Crippen LogP contribution in [-0.4, -0.2) is 32.3 Å². The number of hydrazone groups is 1. The van der Waals surface area contributed by atoms with Gasteiger partial charge in [-0.3, -0.25) is 9.97 Å². The number of nitrogens with zero attached hydrogens (tertiary/aromatic N) is 4. The maximum Gasteiger partial charge on any atom is 0.190 e. The summed E-state index contributed by atoms with van der Waals surface area (Å²) in [6, 6.07) is 24.1. The zero-order valence-electron chi connectivity index (χ0n) is 17.9. The van der Waals surface area contributed by atoms with Gasteiger partial charge in [0.1, 0.15) is 0 Å². The molecule has 5 rings (SSSR count). The summed E-state index contributed by atoms with van der Waals surface area (Å²) in [5.74, 6) is 0. The van der Waals surface area contributed by atoms with E-state index >= 15 is 0 Å². The third-order valence-electron chi connectivity index (χ3n) is 5.72. The lowest BCUT2D eigenvalue weighted by atomic mass is 9.97. The molecule has 1 aromatic heterocycles. The highest BCUT2D eigenvalue weighted by Crippen LogP contribution is 2.35. The van der Waals surface area contributed by atoms with Crippen molar-refractivity contribution in [3.8, 4) is 0 Å². The van der Waals surface area contributed by atoms with Gasteiger partial charge in [0.05, 0.1) is 22.8 Å². The van der Waals surface area contributed by atoms with Crippen LogP contribution in [0.2, 0.25) is 5.02 Å². The Morgan fingerprint density at radius 1 is 0.970 bits per heavy atom. The van der Waals surface area contributed by atoms with Gasteiger partial charge in [0.25, 0.3) is 0 Å². The van der Waals surface area contributed by atoms with Crippen molar-refractivity contribution in [2.45, 2.75) is 18.9 Å². The lowest BCUT2D eigenvalue weighted by Crippen LogP contribution is -2.37. The van der Waals surface area contributed by atoms with E-state index in [0.717, 1.165) is 40.8 Å². The van der Waals surface area contributed by atoms with Crippen molar-refractivity contribution in [1.29, 1.82) is 0 Å². The predicted molar refractivity (Wildman–Crippen MR) is 137 cm³/mol. The quantitative estimate of drug-likeness (QED) is 0.387. The molecule has 0 spiro atoms. The van der Waals surface area contributed by atoms with Gasteiger partial charge in [-0.15, -0.1) is 0 Å². The largest absolute Gasteiger partial charge is 0.361 e. The SMILES string of the molecule is S=C(NCCc1ccccc1)N1N=C(c2ccc(Cl)cc2)CC1c1cccc2nccnc12. The summed E-state index contributed by atoms with van der Waals surface area (Å²) >= 11 is 11.9. The van der Waals surface area contributed by atoms with Crippen molar-refractivity contribution >= 4 is 45.7 Å². The number of aromatic nitrogens is 2. The number of nitrogens with one attached hydrogen (secondary N) is 1. The molecule has 0 saturated carbocycles. The second-order valence-electron chi connectivity index (χ2n) is 7.86. The summed E-state index contributed by atoms with van der Waals surface area (Å²) in [6.45, 7) is 0.729. The fraction of sp³-hybridized carbons (Fsp3) is 0.154. The molecule has 1 aliphatic rings. The molecule has 0 saturated heterocycles. The van der Waals surface area contributed by atoms with Crippen LogP contribution in [0.25, 0.3) is 11.0 Å². The Labute approximate surface area is 203 Å². The Hall–Kier alpha value is -3.35. The second kappa shape index (κ2) is 9.65. The first-order chi connectivity index (χ1) is 16.2. The summed E-state index contributed by atoms with van der Waals surface area (Å²) < 4.78 is 0. The average molecular weight is 472 g/mol. The number of halogens is 1. The maximum absolute atomic E-state index is 6.10. The van der Waals surface area contributed by atoms with Gasteiger partial charge < -0.3 is 5.32 Å². The first kappa shape index (κ1) is 21.5. The predicted octanol–water partition coefficient (Wildman–Crippen LogP) is 5.55. The number of benzene rings is 3. The van der Waals surface area contributed by atoms with Gasteiger partial charge >= 0.3 is 0 Å². The van der Waals surface area contributed by atoms with Crippen molar-refractivity contribution in [2.75, 3.05) is 6.54 Å². The highest BCUT2D eigenvalue weighted by molar-refractivity contribution is 7.80. The van der Waals surface area contributed by atoms with Gasteiger partial charge in [0, 0.05) is 35.9 Å². The van der Waals surface area contributed by atoms with Crippen LogP contribution in [0.5, 0.6) is 0 Å². The van der Waals surface area contributed by atoms with Gasteiger partial charge in [-0.2, -0.15) is 5.10 Å². The Bertz CT molecular complexity index is 1300. The molecular formula is C26H22ClN5S. The number of fused-ring (bicyclic) bond motifs is 1. The van der Waals surface area contributed by atoms with Gasteiger partial charge in [0.2, 0.25) is 0 Å². The molecule has 2 heterocycles. The molecular weight excluding hydrogens is 450 g/mol. The standard InChI is InChI=1S/C26H22ClN5S/c27-20-11-9-19(10-12-20)23-17-24(21-7-4-8-22-25(21)29-16-15-28-22)32(31-23)26(33)30-14-13-18-5-2-1-3-6-18/h1-12,15-16,24H,13-14,17H2,(H,30,33). The first-order valence-electron chi connectivity index (χ1n) is 10.8. The molecule has 5 nitrogen and oxygen atoms in total. The fourth-order valence-electron chi connectivity index (χ4n) is 4.08. The Morgan fingerprint density at radius 3 is 2.58 bits per heavy atom. The molecule has 1 atom stereocenters. The minimum Gasteiger partial charge on any atom is -0.361 e. The van der Waals surface area contributed by atoms with Crippen LogP contribution in [0.3, 0.4) is 0 Å². The summed E-state index contributed by atoms with van der Waals surface area (Å²) in [6.07, 6.45) is 5.03. The number of hydrogen-bond donors (Lipinski definition) is 1. The van der Waals surface area contributed by atoms with Gasteiger partial charge in [0.15, 0.2) is 5.11 Å². The van der Waals surface area contributed by atoms with E-state index in [4.69, 9.17) is 28.9 Å². The van der Waals surface area contributed by atoms with Crippen molar-refractivity contribution in [3.63, 3.8) is 0 Å². The molecule has 0 radical (unpaired) electrons. The van der Waals surface area contributed by atoms with Gasteiger partial charge in [-0.1, -0.05) is 66.2 Å². The Morgan fingerprint density at radius 2 is 1.76 bits per heavy atom. The number of thiocarbonyl (C=S) groups is 1. The minimum absolute atomic E-state index is 0.0761. The highest BCUT2D eigenvalue weighted by atomic mass is 35.5. The van der Waals surface area contributed by atoms with E-state index < -0.39 is 0 Å². The zero-order valence-corrected chi connectivity index (χ0v) is 19.4. The van der Waals surface area contributed by atoms with E-state index in [9.17, 15) is 0 Å².